The Kier molecular flexibility index (Phi) is 5.30. The third-order valence-electron chi connectivity index (χ3n) is 5.79. The van der Waals surface area contributed by atoms with Crippen LogP contribution in [0.15, 0.2) is 18.2 Å². The van der Waals surface area contributed by atoms with Gasteiger partial charge < -0.3 is 15.3 Å². The molecular weight excluding hydrogens is 332 g/mol. The minimum Gasteiger partial charge on any atom is -0.481 e. The zero-order chi connectivity index (χ0) is 18.8. The standard InChI is InChI=1S/C20H26N2O4/c1-12-4-3-5-17(13(12)2)22-11-15(10-18(22)23)19(24)21-16-8-6-14(7-9-16)20(25)26/h3-5,14-16H,6-11H2,1-2H3,(H,21,24)(H,25,26)/t14?,15-,16?/m0/s1. The molecule has 1 saturated carbocycles. The van der Waals surface area contributed by atoms with Crippen LogP contribution in [0, 0.1) is 25.7 Å². The molecule has 1 aromatic rings. The SMILES string of the molecule is Cc1cccc(N2C[C@@H](C(=O)NC3CCC(C(=O)O)CC3)CC2=O)c1C. The number of carbonyl (C=O) groups excluding carboxylic acids is 2. The summed E-state index contributed by atoms with van der Waals surface area (Å²) in [7, 11) is 0. The zero-order valence-electron chi connectivity index (χ0n) is 15.3. The van der Waals surface area contributed by atoms with Gasteiger partial charge in [-0.3, -0.25) is 14.4 Å². The number of carboxylic acids is 1. The first-order chi connectivity index (χ1) is 12.4. The number of anilines is 1. The molecule has 140 valence electrons. The molecule has 2 amide bonds. The number of carboxylic acid groups (broad SMARTS) is 1. The number of rotatable bonds is 4. The second kappa shape index (κ2) is 7.48. The van der Waals surface area contributed by atoms with Crippen LogP contribution in [-0.2, 0) is 14.4 Å². The number of carbonyl (C=O) groups is 3. The average Bonchev–Trinajstić information content (AvgIpc) is 2.99. The summed E-state index contributed by atoms with van der Waals surface area (Å²) in [5, 5.41) is 12.1. The molecule has 1 aromatic carbocycles. The molecule has 1 saturated heterocycles. The molecule has 0 unspecified atom stereocenters. The molecule has 0 radical (unpaired) electrons. The van der Waals surface area contributed by atoms with Gasteiger partial charge in [0.25, 0.3) is 0 Å². The highest BCUT2D eigenvalue weighted by Gasteiger charge is 2.37. The number of aryl methyl sites for hydroxylation is 1. The van der Waals surface area contributed by atoms with E-state index in [1.54, 1.807) is 4.90 Å². The number of amides is 2. The Balaban J connectivity index is 1.59. The van der Waals surface area contributed by atoms with Crippen molar-refractivity contribution < 1.29 is 19.5 Å². The molecule has 26 heavy (non-hydrogen) atoms. The molecule has 1 aliphatic carbocycles. The van der Waals surface area contributed by atoms with E-state index in [9.17, 15) is 14.4 Å². The van der Waals surface area contributed by atoms with Crippen molar-refractivity contribution in [3.63, 3.8) is 0 Å². The molecule has 1 aliphatic heterocycles. The van der Waals surface area contributed by atoms with Gasteiger partial charge in [0.1, 0.15) is 0 Å². The molecule has 1 heterocycles. The maximum absolute atomic E-state index is 12.6. The van der Waals surface area contributed by atoms with Crippen molar-refractivity contribution in [2.45, 2.75) is 52.0 Å². The Morgan fingerprint density at radius 3 is 2.46 bits per heavy atom. The van der Waals surface area contributed by atoms with Crippen molar-refractivity contribution in [3.8, 4) is 0 Å². The van der Waals surface area contributed by atoms with E-state index >= 15 is 0 Å². The van der Waals surface area contributed by atoms with Crippen LogP contribution in [0.3, 0.4) is 0 Å². The van der Waals surface area contributed by atoms with Crippen molar-refractivity contribution in [1.29, 1.82) is 0 Å². The minimum atomic E-state index is -0.750. The predicted octanol–water partition coefficient (Wildman–Crippen LogP) is 2.42. The van der Waals surface area contributed by atoms with Crippen LogP contribution in [0.2, 0.25) is 0 Å². The molecule has 6 heteroatoms. The molecule has 3 rings (SSSR count). The number of aliphatic carboxylic acids is 1. The molecule has 2 fully saturated rings. The van der Waals surface area contributed by atoms with Gasteiger partial charge in [0, 0.05) is 24.7 Å². The lowest BCUT2D eigenvalue weighted by molar-refractivity contribution is -0.142. The number of benzene rings is 1. The lowest BCUT2D eigenvalue weighted by atomic mass is 9.86. The Morgan fingerprint density at radius 1 is 1.12 bits per heavy atom. The lowest BCUT2D eigenvalue weighted by Gasteiger charge is -2.27. The molecule has 0 aromatic heterocycles. The van der Waals surface area contributed by atoms with E-state index in [2.05, 4.69) is 5.32 Å². The highest BCUT2D eigenvalue weighted by Crippen LogP contribution is 2.30. The quantitative estimate of drug-likeness (QED) is 0.865. The summed E-state index contributed by atoms with van der Waals surface area (Å²) in [6, 6.07) is 5.88. The summed E-state index contributed by atoms with van der Waals surface area (Å²) in [5.74, 6) is -1.51. The van der Waals surface area contributed by atoms with Crippen LogP contribution in [0.1, 0.15) is 43.2 Å². The van der Waals surface area contributed by atoms with E-state index in [0.717, 1.165) is 16.8 Å². The fourth-order valence-electron chi connectivity index (χ4n) is 3.95. The van der Waals surface area contributed by atoms with Gasteiger partial charge in [0.15, 0.2) is 0 Å². The maximum Gasteiger partial charge on any atom is 0.306 e. The van der Waals surface area contributed by atoms with Crippen LogP contribution in [0.25, 0.3) is 0 Å². The van der Waals surface area contributed by atoms with E-state index in [1.165, 1.54) is 0 Å². The molecule has 0 bridgehead atoms. The van der Waals surface area contributed by atoms with Crippen molar-refractivity contribution in [1.82, 2.24) is 5.32 Å². The first kappa shape index (κ1) is 18.4. The van der Waals surface area contributed by atoms with Crippen molar-refractivity contribution in [2.75, 3.05) is 11.4 Å². The van der Waals surface area contributed by atoms with Gasteiger partial charge in [-0.2, -0.15) is 0 Å². The summed E-state index contributed by atoms with van der Waals surface area (Å²) < 4.78 is 0. The summed E-state index contributed by atoms with van der Waals surface area (Å²) in [5.41, 5.74) is 3.07. The van der Waals surface area contributed by atoms with Gasteiger partial charge in [-0.25, -0.2) is 0 Å². The first-order valence-corrected chi connectivity index (χ1v) is 9.26. The molecule has 1 atom stereocenters. The van der Waals surface area contributed by atoms with Crippen LogP contribution < -0.4 is 10.2 Å². The Morgan fingerprint density at radius 2 is 1.81 bits per heavy atom. The molecule has 2 N–H and O–H groups in total. The summed E-state index contributed by atoms with van der Waals surface area (Å²) in [4.78, 5) is 37.8. The second-order valence-corrected chi connectivity index (χ2v) is 7.52. The Labute approximate surface area is 153 Å². The van der Waals surface area contributed by atoms with Crippen LogP contribution in [-0.4, -0.2) is 35.5 Å². The second-order valence-electron chi connectivity index (χ2n) is 7.52. The third kappa shape index (κ3) is 3.74. The van der Waals surface area contributed by atoms with Crippen molar-refractivity contribution in [3.05, 3.63) is 29.3 Å². The van der Waals surface area contributed by atoms with Crippen LogP contribution >= 0.6 is 0 Å². The molecule has 2 aliphatic rings. The van der Waals surface area contributed by atoms with E-state index in [-0.39, 0.29) is 36.1 Å². The van der Waals surface area contributed by atoms with E-state index < -0.39 is 5.97 Å². The van der Waals surface area contributed by atoms with Gasteiger partial charge in [-0.15, -0.1) is 0 Å². The average molecular weight is 358 g/mol. The highest BCUT2D eigenvalue weighted by atomic mass is 16.4. The summed E-state index contributed by atoms with van der Waals surface area (Å²) in [6.07, 6.45) is 2.79. The minimum absolute atomic E-state index is 0.0166. The van der Waals surface area contributed by atoms with Crippen LogP contribution in [0.4, 0.5) is 5.69 Å². The van der Waals surface area contributed by atoms with Gasteiger partial charge in [0.2, 0.25) is 11.8 Å². The molecule has 6 nitrogen and oxygen atoms in total. The van der Waals surface area contributed by atoms with E-state index in [1.807, 2.05) is 32.0 Å². The number of nitrogens with one attached hydrogen (secondary N) is 1. The Hall–Kier alpha value is -2.37. The normalized spacial score (nSPS) is 26.0. The fraction of sp³-hybridized carbons (Fsp3) is 0.550. The molecule has 0 spiro atoms. The number of hydrogen-bond donors (Lipinski definition) is 2. The fourth-order valence-corrected chi connectivity index (χ4v) is 3.95. The van der Waals surface area contributed by atoms with Gasteiger partial charge in [-0.05, 0) is 56.7 Å². The van der Waals surface area contributed by atoms with Gasteiger partial charge in [0.05, 0.1) is 11.8 Å². The number of nitrogens with zero attached hydrogens (tertiary/aromatic N) is 1. The Bertz CT molecular complexity index is 723. The smallest absolute Gasteiger partial charge is 0.306 e. The van der Waals surface area contributed by atoms with E-state index in [4.69, 9.17) is 5.11 Å². The zero-order valence-corrected chi connectivity index (χ0v) is 15.3. The lowest BCUT2D eigenvalue weighted by Crippen LogP contribution is -2.42. The highest BCUT2D eigenvalue weighted by molar-refractivity contribution is 6.01. The van der Waals surface area contributed by atoms with Crippen LogP contribution in [0.5, 0.6) is 0 Å². The van der Waals surface area contributed by atoms with Crippen molar-refractivity contribution >= 4 is 23.5 Å². The first-order valence-electron chi connectivity index (χ1n) is 9.26. The van der Waals surface area contributed by atoms with Crippen molar-refractivity contribution in [2.24, 2.45) is 11.8 Å². The topological polar surface area (TPSA) is 86.7 Å². The third-order valence-corrected chi connectivity index (χ3v) is 5.79. The van der Waals surface area contributed by atoms with Gasteiger partial charge >= 0.3 is 5.97 Å². The van der Waals surface area contributed by atoms with Gasteiger partial charge in [-0.1, -0.05) is 12.1 Å². The summed E-state index contributed by atoms with van der Waals surface area (Å²) in [6.45, 7) is 4.41. The van der Waals surface area contributed by atoms with E-state index in [0.29, 0.717) is 32.2 Å². The maximum atomic E-state index is 12.6. The summed E-state index contributed by atoms with van der Waals surface area (Å²) >= 11 is 0. The molecular formula is C20H26N2O4. The predicted molar refractivity (Wildman–Crippen MR) is 97.9 cm³/mol. The largest absolute Gasteiger partial charge is 0.481 e. The monoisotopic (exact) mass is 358 g/mol. The number of hydrogen-bond acceptors (Lipinski definition) is 3.